The Morgan fingerprint density at radius 1 is 1.25 bits per heavy atom. The standard InChI is InChI=1S/C13H20N4O3/c1-20-7-6-15-9-12(18)16-8-10-2-4-11(5-3-10)17-13(14)19/h2-5,15H,6-9H2,1H3,(H,16,18)(H3,14,17,19). The van der Waals surface area contributed by atoms with Gasteiger partial charge < -0.3 is 26.4 Å². The van der Waals surface area contributed by atoms with Crippen molar-refractivity contribution >= 4 is 17.6 Å². The molecule has 1 rings (SSSR count). The molecule has 7 heteroatoms. The third-order valence-electron chi connectivity index (χ3n) is 2.48. The predicted molar refractivity (Wildman–Crippen MR) is 76.2 cm³/mol. The second-order valence-corrected chi connectivity index (χ2v) is 4.13. The number of urea groups is 1. The maximum absolute atomic E-state index is 11.5. The summed E-state index contributed by atoms with van der Waals surface area (Å²) in [6, 6.07) is 6.47. The smallest absolute Gasteiger partial charge is 0.316 e. The van der Waals surface area contributed by atoms with Crippen LogP contribution in [-0.4, -0.2) is 38.7 Å². The molecule has 0 aliphatic heterocycles. The first kappa shape index (κ1) is 15.9. The maximum atomic E-state index is 11.5. The van der Waals surface area contributed by atoms with Crippen LogP contribution in [0.15, 0.2) is 24.3 Å². The van der Waals surface area contributed by atoms with Crippen LogP contribution in [0, 0.1) is 0 Å². The van der Waals surface area contributed by atoms with E-state index in [4.69, 9.17) is 10.5 Å². The van der Waals surface area contributed by atoms with Crippen molar-refractivity contribution in [3.63, 3.8) is 0 Å². The molecule has 0 fully saturated rings. The van der Waals surface area contributed by atoms with Crippen molar-refractivity contribution < 1.29 is 14.3 Å². The first-order valence-electron chi connectivity index (χ1n) is 6.23. The Morgan fingerprint density at radius 3 is 2.55 bits per heavy atom. The van der Waals surface area contributed by atoms with Gasteiger partial charge in [-0.1, -0.05) is 12.1 Å². The number of primary amides is 1. The van der Waals surface area contributed by atoms with Gasteiger partial charge in [-0.05, 0) is 17.7 Å². The molecule has 3 amide bonds. The van der Waals surface area contributed by atoms with E-state index >= 15 is 0 Å². The number of carbonyl (C=O) groups is 2. The summed E-state index contributed by atoms with van der Waals surface area (Å²) in [6.07, 6.45) is 0. The molecule has 1 aromatic carbocycles. The van der Waals surface area contributed by atoms with E-state index in [2.05, 4.69) is 16.0 Å². The summed E-state index contributed by atoms with van der Waals surface area (Å²) in [4.78, 5) is 22.2. The minimum Gasteiger partial charge on any atom is -0.383 e. The molecule has 7 nitrogen and oxygen atoms in total. The number of amides is 3. The maximum Gasteiger partial charge on any atom is 0.316 e. The quantitative estimate of drug-likeness (QED) is 0.504. The number of rotatable bonds is 8. The van der Waals surface area contributed by atoms with Gasteiger partial charge in [0, 0.05) is 25.9 Å². The average Bonchev–Trinajstić information content (AvgIpc) is 2.42. The summed E-state index contributed by atoms with van der Waals surface area (Å²) in [5.74, 6) is -0.0829. The molecule has 20 heavy (non-hydrogen) atoms. The van der Waals surface area contributed by atoms with Crippen LogP contribution in [-0.2, 0) is 16.1 Å². The van der Waals surface area contributed by atoms with Crippen molar-refractivity contribution in [3.05, 3.63) is 29.8 Å². The average molecular weight is 280 g/mol. The lowest BCUT2D eigenvalue weighted by atomic mass is 10.2. The van der Waals surface area contributed by atoms with Crippen molar-refractivity contribution in [1.82, 2.24) is 10.6 Å². The van der Waals surface area contributed by atoms with E-state index in [0.29, 0.717) is 25.4 Å². The highest BCUT2D eigenvalue weighted by atomic mass is 16.5. The lowest BCUT2D eigenvalue weighted by Gasteiger charge is -2.07. The van der Waals surface area contributed by atoms with E-state index in [9.17, 15) is 9.59 Å². The van der Waals surface area contributed by atoms with Gasteiger partial charge in [-0.15, -0.1) is 0 Å². The summed E-state index contributed by atoms with van der Waals surface area (Å²) in [5.41, 5.74) is 6.56. The number of carbonyl (C=O) groups excluding carboxylic acids is 2. The van der Waals surface area contributed by atoms with Crippen molar-refractivity contribution in [1.29, 1.82) is 0 Å². The zero-order valence-corrected chi connectivity index (χ0v) is 11.4. The Morgan fingerprint density at radius 2 is 1.95 bits per heavy atom. The van der Waals surface area contributed by atoms with Gasteiger partial charge in [-0.2, -0.15) is 0 Å². The van der Waals surface area contributed by atoms with Gasteiger partial charge in [0.15, 0.2) is 0 Å². The molecule has 0 unspecified atom stereocenters. The summed E-state index contributed by atoms with van der Waals surface area (Å²) >= 11 is 0. The number of anilines is 1. The Labute approximate surface area is 117 Å². The van der Waals surface area contributed by atoms with E-state index < -0.39 is 6.03 Å². The molecule has 0 saturated heterocycles. The molecule has 0 bridgehead atoms. The van der Waals surface area contributed by atoms with Crippen LogP contribution in [0.25, 0.3) is 0 Å². The van der Waals surface area contributed by atoms with E-state index in [1.165, 1.54) is 0 Å². The highest BCUT2D eigenvalue weighted by molar-refractivity contribution is 5.87. The van der Waals surface area contributed by atoms with Crippen LogP contribution in [0.1, 0.15) is 5.56 Å². The Kier molecular flexibility index (Phi) is 7.08. The SMILES string of the molecule is COCCNCC(=O)NCc1ccc(NC(N)=O)cc1. The van der Waals surface area contributed by atoms with E-state index in [1.54, 1.807) is 19.2 Å². The molecule has 0 aliphatic rings. The molecule has 0 aromatic heterocycles. The fourth-order valence-corrected chi connectivity index (χ4v) is 1.49. The van der Waals surface area contributed by atoms with Crippen LogP contribution >= 0.6 is 0 Å². The van der Waals surface area contributed by atoms with Crippen molar-refractivity contribution in [2.24, 2.45) is 5.73 Å². The number of ether oxygens (including phenoxy) is 1. The minimum atomic E-state index is -0.604. The molecule has 0 saturated carbocycles. The van der Waals surface area contributed by atoms with Gasteiger partial charge in [0.1, 0.15) is 0 Å². The molecular formula is C13H20N4O3. The van der Waals surface area contributed by atoms with Gasteiger partial charge in [0.05, 0.1) is 13.2 Å². The van der Waals surface area contributed by atoms with Crippen molar-refractivity contribution in [2.45, 2.75) is 6.54 Å². The highest BCUT2D eigenvalue weighted by Gasteiger charge is 2.01. The first-order valence-corrected chi connectivity index (χ1v) is 6.23. The third kappa shape index (κ3) is 6.72. The van der Waals surface area contributed by atoms with Crippen LogP contribution < -0.4 is 21.7 Å². The molecule has 5 N–H and O–H groups in total. The summed E-state index contributed by atoms with van der Waals surface area (Å²) in [5, 5.41) is 8.20. The zero-order chi connectivity index (χ0) is 14.8. The zero-order valence-electron chi connectivity index (χ0n) is 11.4. The number of hydrogen-bond donors (Lipinski definition) is 4. The number of hydrogen-bond acceptors (Lipinski definition) is 4. The number of nitrogens with one attached hydrogen (secondary N) is 3. The fourth-order valence-electron chi connectivity index (χ4n) is 1.49. The Hall–Kier alpha value is -2.12. The molecule has 0 atom stereocenters. The summed E-state index contributed by atoms with van der Waals surface area (Å²) in [7, 11) is 1.61. The molecular weight excluding hydrogens is 260 g/mol. The van der Waals surface area contributed by atoms with Gasteiger partial charge in [-0.3, -0.25) is 4.79 Å². The van der Waals surface area contributed by atoms with Gasteiger partial charge in [0.25, 0.3) is 0 Å². The first-order chi connectivity index (χ1) is 9.61. The van der Waals surface area contributed by atoms with E-state index in [0.717, 1.165) is 5.56 Å². The van der Waals surface area contributed by atoms with Crippen LogP contribution in [0.2, 0.25) is 0 Å². The highest BCUT2D eigenvalue weighted by Crippen LogP contribution is 2.08. The second kappa shape index (κ2) is 8.89. The summed E-state index contributed by atoms with van der Waals surface area (Å²) < 4.78 is 4.86. The third-order valence-corrected chi connectivity index (χ3v) is 2.48. The lowest BCUT2D eigenvalue weighted by molar-refractivity contribution is -0.120. The molecule has 0 radical (unpaired) electrons. The molecule has 0 aliphatic carbocycles. The number of nitrogens with two attached hydrogens (primary N) is 1. The van der Waals surface area contributed by atoms with Crippen molar-refractivity contribution in [3.8, 4) is 0 Å². The van der Waals surface area contributed by atoms with E-state index in [1.807, 2.05) is 12.1 Å². The van der Waals surface area contributed by atoms with Crippen LogP contribution in [0.3, 0.4) is 0 Å². The molecule has 1 aromatic rings. The Bertz CT molecular complexity index is 434. The normalized spacial score (nSPS) is 10.1. The van der Waals surface area contributed by atoms with Gasteiger partial charge >= 0.3 is 6.03 Å². The van der Waals surface area contributed by atoms with Gasteiger partial charge in [0.2, 0.25) is 5.91 Å². The molecule has 110 valence electrons. The van der Waals surface area contributed by atoms with E-state index in [-0.39, 0.29) is 12.5 Å². The molecule has 0 heterocycles. The predicted octanol–water partition coefficient (Wildman–Crippen LogP) is 0.0294. The number of methoxy groups -OCH3 is 1. The molecule has 0 spiro atoms. The number of benzene rings is 1. The Balaban J connectivity index is 2.27. The summed E-state index contributed by atoms with van der Waals surface area (Å²) in [6.45, 7) is 1.89. The van der Waals surface area contributed by atoms with Crippen molar-refractivity contribution in [2.75, 3.05) is 32.1 Å². The topological polar surface area (TPSA) is 105 Å². The largest absolute Gasteiger partial charge is 0.383 e. The van der Waals surface area contributed by atoms with Crippen LogP contribution in [0.4, 0.5) is 10.5 Å². The fraction of sp³-hybridized carbons (Fsp3) is 0.385. The lowest BCUT2D eigenvalue weighted by Crippen LogP contribution is -2.34. The minimum absolute atomic E-state index is 0.0829. The van der Waals surface area contributed by atoms with Gasteiger partial charge in [-0.25, -0.2) is 4.79 Å². The monoisotopic (exact) mass is 280 g/mol. The second-order valence-electron chi connectivity index (χ2n) is 4.13. The van der Waals surface area contributed by atoms with Crippen LogP contribution in [0.5, 0.6) is 0 Å².